The number of benzene rings is 2. The number of carbonyl (C=O) groups excluding carboxylic acids is 1. The van der Waals surface area contributed by atoms with Crippen molar-refractivity contribution < 1.29 is 14.3 Å². The summed E-state index contributed by atoms with van der Waals surface area (Å²) in [5.74, 6) is 1.16. The van der Waals surface area contributed by atoms with E-state index in [4.69, 9.17) is 14.9 Å². The minimum Gasteiger partial charge on any atom is -0.497 e. The van der Waals surface area contributed by atoms with E-state index >= 15 is 0 Å². The molecule has 5 rings (SSSR count). The number of hydrogen-bond donors (Lipinski definition) is 1. The molecule has 0 radical (unpaired) electrons. The van der Waals surface area contributed by atoms with Gasteiger partial charge in [0.1, 0.15) is 11.5 Å². The number of aliphatic imine (C=N–C) groups is 1. The van der Waals surface area contributed by atoms with Crippen molar-refractivity contribution in [1.29, 1.82) is 5.41 Å². The summed E-state index contributed by atoms with van der Waals surface area (Å²) in [7, 11) is 1.63. The maximum atomic E-state index is 12.7. The van der Waals surface area contributed by atoms with Gasteiger partial charge < -0.3 is 14.0 Å². The molecule has 2 aliphatic rings. The Morgan fingerprint density at radius 1 is 1.15 bits per heavy atom. The Balaban J connectivity index is 1.36. The predicted octanol–water partition coefficient (Wildman–Crippen LogP) is 4.76. The number of nitrogens with one attached hydrogen (secondary N) is 1. The van der Waals surface area contributed by atoms with Gasteiger partial charge in [-0.2, -0.15) is 15.1 Å². The third kappa shape index (κ3) is 4.22. The van der Waals surface area contributed by atoms with Crippen LogP contribution in [0.25, 0.3) is 17.0 Å². The topological polar surface area (TPSA) is 92.3 Å². The summed E-state index contributed by atoms with van der Waals surface area (Å²) in [4.78, 5) is 16.8. The fraction of sp³-hybridized carbons (Fsp3) is 0.200. The lowest BCUT2D eigenvalue weighted by molar-refractivity contribution is -0.114. The zero-order chi connectivity index (χ0) is 23.7. The summed E-state index contributed by atoms with van der Waals surface area (Å²) in [6, 6.07) is 15.6. The molecule has 8 nitrogen and oxygen atoms in total. The molecule has 0 unspecified atom stereocenters. The van der Waals surface area contributed by atoms with E-state index < -0.39 is 5.91 Å². The van der Waals surface area contributed by atoms with Crippen LogP contribution in [0.2, 0.25) is 0 Å². The number of aromatic nitrogens is 1. The molecular weight excluding hydrogens is 450 g/mol. The van der Waals surface area contributed by atoms with Gasteiger partial charge in [0, 0.05) is 35.3 Å². The highest BCUT2D eigenvalue weighted by Crippen LogP contribution is 2.30. The molecule has 1 amide bonds. The van der Waals surface area contributed by atoms with Crippen molar-refractivity contribution in [2.24, 2.45) is 10.1 Å². The van der Waals surface area contributed by atoms with Gasteiger partial charge in [-0.25, -0.2) is 0 Å². The molecule has 3 heterocycles. The van der Waals surface area contributed by atoms with E-state index in [-0.39, 0.29) is 11.4 Å². The quantitative estimate of drug-likeness (QED) is 0.395. The number of hydrazone groups is 1. The van der Waals surface area contributed by atoms with Crippen molar-refractivity contribution in [1.82, 2.24) is 9.58 Å². The first-order valence-corrected chi connectivity index (χ1v) is 11.7. The number of ether oxygens (including phenoxy) is 2. The highest BCUT2D eigenvalue weighted by atomic mass is 32.2. The molecule has 0 spiro atoms. The van der Waals surface area contributed by atoms with Crippen LogP contribution in [0, 0.1) is 5.41 Å². The number of rotatable bonds is 7. The Bertz CT molecular complexity index is 1390. The summed E-state index contributed by atoms with van der Waals surface area (Å²) in [5, 5.41) is 16.4. The molecule has 0 aliphatic carbocycles. The van der Waals surface area contributed by atoms with Crippen LogP contribution in [-0.2, 0) is 11.3 Å². The first kappa shape index (κ1) is 22.0. The molecule has 0 saturated heterocycles. The largest absolute Gasteiger partial charge is 0.497 e. The van der Waals surface area contributed by atoms with Crippen LogP contribution in [-0.4, -0.2) is 45.2 Å². The van der Waals surface area contributed by atoms with Crippen molar-refractivity contribution in [3.8, 4) is 11.5 Å². The fourth-order valence-corrected chi connectivity index (χ4v) is 4.67. The zero-order valence-electron chi connectivity index (χ0n) is 18.8. The average Bonchev–Trinajstić information content (AvgIpc) is 3.39. The number of fused-ring (bicyclic) bond motifs is 2. The third-order valence-electron chi connectivity index (χ3n) is 5.53. The Morgan fingerprint density at radius 3 is 2.82 bits per heavy atom. The van der Waals surface area contributed by atoms with Crippen molar-refractivity contribution in [2.75, 3.05) is 13.7 Å². The van der Waals surface area contributed by atoms with E-state index in [1.54, 1.807) is 13.2 Å². The van der Waals surface area contributed by atoms with Crippen LogP contribution in [0.4, 0.5) is 0 Å². The molecule has 0 bridgehead atoms. The molecule has 172 valence electrons. The number of methoxy groups -OCH3 is 1. The van der Waals surface area contributed by atoms with Gasteiger partial charge in [0.25, 0.3) is 5.91 Å². The number of para-hydroxylation sites is 1. The standard InChI is InChI=1S/C25H23N5O3S/c1-16-28-30-23(26)21(24(31)27-25(30)34-16)13-17-15-29(22-10-4-3-9-20(17)22)11-6-12-33-19-8-5-7-18(14-19)32-2/h3-5,7-10,13-15,26H,6,11-12H2,1-2H3. The van der Waals surface area contributed by atoms with Gasteiger partial charge >= 0.3 is 0 Å². The van der Waals surface area contributed by atoms with Crippen molar-refractivity contribution in [3.63, 3.8) is 0 Å². The SMILES string of the molecule is COc1cccc(OCCCn2cc(C=C3C(=N)N4N=C(C)SC4=NC3=O)c3ccccc32)c1. The number of thioether (sulfide) groups is 1. The maximum Gasteiger partial charge on any atom is 0.283 e. The summed E-state index contributed by atoms with van der Waals surface area (Å²) in [5.41, 5.74) is 2.15. The summed E-state index contributed by atoms with van der Waals surface area (Å²) < 4.78 is 13.3. The Labute approximate surface area is 201 Å². The second-order valence-electron chi connectivity index (χ2n) is 7.82. The van der Waals surface area contributed by atoms with Crippen LogP contribution in [0.1, 0.15) is 18.9 Å². The van der Waals surface area contributed by atoms with Crippen molar-refractivity contribution in [2.45, 2.75) is 19.9 Å². The molecule has 1 N–H and O–H groups in total. The zero-order valence-corrected chi connectivity index (χ0v) is 19.6. The van der Waals surface area contributed by atoms with Crippen LogP contribution < -0.4 is 9.47 Å². The maximum absolute atomic E-state index is 12.7. The van der Waals surface area contributed by atoms with Gasteiger partial charge in [-0.15, -0.1) is 0 Å². The van der Waals surface area contributed by atoms with Crippen molar-refractivity contribution >= 4 is 50.7 Å². The van der Waals surface area contributed by atoms with E-state index in [1.807, 2.05) is 55.6 Å². The number of nitrogens with zero attached hydrogens (tertiary/aromatic N) is 4. The highest BCUT2D eigenvalue weighted by Gasteiger charge is 2.34. The molecule has 0 saturated carbocycles. The molecule has 0 fully saturated rings. The van der Waals surface area contributed by atoms with Gasteiger partial charge in [-0.3, -0.25) is 10.2 Å². The van der Waals surface area contributed by atoms with E-state index in [0.717, 1.165) is 46.0 Å². The van der Waals surface area contributed by atoms with Crippen LogP contribution in [0.15, 0.2) is 70.4 Å². The Kier molecular flexibility index (Phi) is 5.93. The fourth-order valence-electron chi connectivity index (χ4n) is 3.93. The second-order valence-corrected chi connectivity index (χ2v) is 8.98. The van der Waals surface area contributed by atoms with Gasteiger partial charge in [0.15, 0.2) is 5.84 Å². The molecular formula is C25H23N5O3S. The smallest absolute Gasteiger partial charge is 0.283 e. The monoisotopic (exact) mass is 473 g/mol. The lowest BCUT2D eigenvalue weighted by Gasteiger charge is -2.20. The van der Waals surface area contributed by atoms with E-state index in [0.29, 0.717) is 11.8 Å². The number of amides is 1. The molecule has 1 aromatic heterocycles. The molecule has 2 aromatic carbocycles. The van der Waals surface area contributed by atoms with Crippen LogP contribution in [0.3, 0.4) is 0 Å². The molecule has 0 atom stereocenters. The number of hydrogen-bond acceptors (Lipinski definition) is 6. The Hall–Kier alpha value is -3.85. The van der Waals surface area contributed by atoms with Gasteiger partial charge in [0.05, 0.1) is 24.3 Å². The minimum atomic E-state index is -0.419. The van der Waals surface area contributed by atoms with Gasteiger partial charge in [0.2, 0.25) is 5.17 Å². The number of amidine groups is 2. The number of aryl methyl sites for hydroxylation is 1. The van der Waals surface area contributed by atoms with Crippen molar-refractivity contribution in [3.05, 3.63) is 65.9 Å². The van der Waals surface area contributed by atoms with Gasteiger partial charge in [-0.05, 0) is 49.4 Å². The van der Waals surface area contributed by atoms with Gasteiger partial charge in [-0.1, -0.05) is 24.3 Å². The molecule has 3 aromatic rings. The van der Waals surface area contributed by atoms with E-state index in [1.165, 1.54) is 16.8 Å². The lowest BCUT2D eigenvalue weighted by Crippen LogP contribution is -2.35. The highest BCUT2D eigenvalue weighted by molar-refractivity contribution is 8.26. The minimum absolute atomic E-state index is 0.0443. The summed E-state index contributed by atoms with van der Waals surface area (Å²) >= 11 is 1.30. The molecule has 9 heteroatoms. The average molecular weight is 474 g/mol. The van der Waals surface area contributed by atoms with Crippen LogP contribution >= 0.6 is 11.8 Å². The third-order valence-corrected chi connectivity index (χ3v) is 6.35. The van der Waals surface area contributed by atoms with Crippen LogP contribution in [0.5, 0.6) is 11.5 Å². The second kappa shape index (κ2) is 9.18. The summed E-state index contributed by atoms with van der Waals surface area (Å²) in [6.45, 7) is 3.13. The summed E-state index contributed by atoms with van der Waals surface area (Å²) in [6.07, 6.45) is 4.55. The lowest BCUT2D eigenvalue weighted by atomic mass is 10.1. The predicted molar refractivity (Wildman–Crippen MR) is 136 cm³/mol. The molecule has 2 aliphatic heterocycles. The number of carbonyl (C=O) groups is 1. The first-order chi connectivity index (χ1) is 16.5. The molecule has 34 heavy (non-hydrogen) atoms. The van der Waals surface area contributed by atoms with E-state index in [2.05, 4.69) is 20.7 Å². The first-order valence-electron chi connectivity index (χ1n) is 10.8. The Morgan fingerprint density at radius 2 is 1.97 bits per heavy atom. The normalized spacial score (nSPS) is 16.6. The van der Waals surface area contributed by atoms with E-state index in [9.17, 15) is 4.79 Å².